The third kappa shape index (κ3) is 2.19. The van der Waals surface area contributed by atoms with Crippen LogP contribution in [0.5, 0.6) is 0 Å². The Morgan fingerprint density at radius 3 is 2.00 bits per heavy atom. The topological polar surface area (TPSA) is 34.1 Å². The molecule has 0 bridgehead atoms. The molecule has 0 saturated heterocycles. The maximum absolute atomic E-state index is 11.5. The third-order valence-electron chi connectivity index (χ3n) is 2.09. The van der Waals surface area contributed by atoms with Crippen LogP contribution in [0.3, 0.4) is 0 Å². The Morgan fingerprint density at radius 2 is 1.73 bits per heavy atom. The highest BCUT2D eigenvalue weighted by Crippen LogP contribution is 2.33. The van der Waals surface area contributed by atoms with Crippen LogP contribution < -0.4 is 0 Å². The lowest BCUT2D eigenvalue weighted by Gasteiger charge is -2.18. The maximum Gasteiger partial charge on any atom is 0.155 e. The summed E-state index contributed by atoms with van der Waals surface area (Å²) in [4.78, 5) is 0. The van der Waals surface area contributed by atoms with Gasteiger partial charge in [0.1, 0.15) is 0 Å². The summed E-state index contributed by atoms with van der Waals surface area (Å²) in [5, 5.41) is 0. The Balaban J connectivity index is 2.65. The molecule has 0 unspecified atom stereocenters. The smallest absolute Gasteiger partial charge is 0.155 e. The minimum Gasteiger partial charge on any atom is -0.228 e. The van der Waals surface area contributed by atoms with Gasteiger partial charge in [-0.15, -0.1) is 0 Å². The van der Waals surface area contributed by atoms with Crippen LogP contribution in [-0.2, 0) is 9.84 Å². The van der Waals surface area contributed by atoms with E-state index in [-0.39, 0.29) is 0 Å². The van der Waals surface area contributed by atoms with Crippen molar-refractivity contribution in [3.63, 3.8) is 0 Å². The van der Waals surface area contributed by atoms with Gasteiger partial charge in [-0.2, -0.15) is 0 Å². The Bertz CT molecular complexity index is 229. The molecule has 0 aromatic carbocycles. The van der Waals surface area contributed by atoms with E-state index in [1.54, 1.807) is 20.8 Å². The molecule has 0 heterocycles. The van der Waals surface area contributed by atoms with Crippen LogP contribution in [0.1, 0.15) is 33.6 Å². The molecular formula is C8H16O2S. The largest absolute Gasteiger partial charge is 0.228 e. The summed E-state index contributed by atoms with van der Waals surface area (Å²) in [6.07, 6.45) is 2.21. The van der Waals surface area contributed by atoms with Crippen LogP contribution >= 0.6 is 0 Å². The molecule has 66 valence electrons. The minimum absolute atomic E-state index is 0.399. The molecule has 1 saturated carbocycles. The van der Waals surface area contributed by atoms with E-state index in [1.807, 2.05) is 0 Å². The molecule has 0 radical (unpaired) electrons. The standard InChI is InChI=1S/C8H16O2S/c1-8(2,3)11(9,10)6-7-4-5-7/h7H,4-6H2,1-3H3. The zero-order valence-corrected chi connectivity index (χ0v) is 8.24. The van der Waals surface area contributed by atoms with Crippen LogP contribution in [0.25, 0.3) is 0 Å². The van der Waals surface area contributed by atoms with E-state index in [9.17, 15) is 8.42 Å². The van der Waals surface area contributed by atoms with Gasteiger partial charge in [0.15, 0.2) is 9.84 Å². The van der Waals surface area contributed by atoms with E-state index in [2.05, 4.69) is 0 Å². The Morgan fingerprint density at radius 1 is 1.27 bits per heavy atom. The summed E-state index contributed by atoms with van der Waals surface area (Å²) in [6.45, 7) is 5.31. The van der Waals surface area contributed by atoms with E-state index >= 15 is 0 Å². The van der Waals surface area contributed by atoms with Crippen molar-refractivity contribution in [2.24, 2.45) is 5.92 Å². The highest BCUT2D eigenvalue weighted by molar-refractivity contribution is 7.92. The number of sulfone groups is 1. The summed E-state index contributed by atoms with van der Waals surface area (Å²) >= 11 is 0. The fourth-order valence-electron chi connectivity index (χ4n) is 0.845. The van der Waals surface area contributed by atoms with Gasteiger partial charge >= 0.3 is 0 Å². The van der Waals surface area contributed by atoms with Gasteiger partial charge < -0.3 is 0 Å². The predicted molar refractivity (Wildman–Crippen MR) is 46.3 cm³/mol. The average Bonchev–Trinajstić information content (AvgIpc) is 2.45. The molecule has 0 aromatic rings. The predicted octanol–water partition coefficient (Wildman–Crippen LogP) is 1.61. The van der Waals surface area contributed by atoms with E-state index in [4.69, 9.17) is 0 Å². The molecule has 0 aromatic heterocycles. The lowest BCUT2D eigenvalue weighted by molar-refractivity contribution is 0.556. The molecule has 0 aliphatic heterocycles. The zero-order valence-electron chi connectivity index (χ0n) is 7.42. The molecule has 2 nitrogen and oxygen atoms in total. The fourth-order valence-corrected chi connectivity index (χ4v) is 2.30. The van der Waals surface area contributed by atoms with Crippen molar-refractivity contribution in [1.29, 1.82) is 0 Å². The first-order chi connectivity index (χ1) is 4.83. The van der Waals surface area contributed by atoms with E-state index in [0.29, 0.717) is 11.7 Å². The van der Waals surface area contributed by atoms with Crippen LogP contribution in [0.2, 0.25) is 0 Å². The second kappa shape index (κ2) is 2.47. The molecule has 0 N–H and O–H groups in total. The number of rotatable bonds is 2. The summed E-state index contributed by atoms with van der Waals surface area (Å²) in [6, 6.07) is 0. The Labute approximate surface area is 68.9 Å². The van der Waals surface area contributed by atoms with Crippen molar-refractivity contribution in [3.8, 4) is 0 Å². The molecule has 0 amide bonds. The van der Waals surface area contributed by atoms with Crippen molar-refractivity contribution < 1.29 is 8.42 Å². The first kappa shape index (κ1) is 9.04. The van der Waals surface area contributed by atoms with Crippen molar-refractivity contribution in [2.45, 2.75) is 38.4 Å². The van der Waals surface area contributed by atoms with Gasteiger partial charge in [-0.05, 0) is 39.5 Å². The van der Waals surface area contributed by atoms with Crippen molar-refractivity contribution in [2.75, 3.05) is 5.75 Å². The maximum atomic E-state index is 11.5. The summed E-state index contributed by atoms with van der Waals surface area (Å²) in [7, 11) is -2.83. The quantitative estimate of drug-likeness (QED) is 0.640. The van der Waals surface area contributed by atoms with Crippen LogP contribution in [0, 0.1) is 5.92 Å². The lowest BCUT2D eigenvalue weighted by atomic mass is 10.3. The van der Waals surface area contributed by atoms with E-state index < -0.39 is 14.6 Å². The van der Waals surface area contributed by atoms with E-state index in [1.165, 1.54) is 0 Å². The lowest BCUT2D eigenvalue weighted by Crippen LogP contribution is -2.30. The van der Waals surface area contributed by atoms with Crippen molar-refractivity contribution in [3.05, 3.63) is 0 Å². The molecule has 1 aliphatic rings. The molecule has 1 fully saturated rings. The first-order valence-corrected chi connectivity index (χ1v) is 5.70. The zero-order chi connectivity index (χ0) is 8.70. The monoisotopic (exact) mass is 176 g/mol. The number of hydrogen-bond acceptors (Lipinski definition) is 2. The summed E-state index contributed by atoms with van der Waals surface area (Å²) in [5.41, 5.74) is 0. The van der Waals surface area contributed by atoms with Gasteiger partial charge in [0, 0.05) is 0 Å². The minimum atomic E-state index is -2.83. The molecule has 11 heavy (non-hydrogen) atoms. The molecule has 3 heteroatoms. The Hall–Kier alpha value is -0.0500. The van der Waals surface area contributed by atoms with Crippen LogP contribution in [-0.4, -0.2) is 18.9 Å². The van der Waals surface area contributed by atoms with Gasteiger partial charge in [-0.25, -0.2) is 8.42 Å². The summed E-state index contributed by atoms with van der Waals surface area (Å²) < 4.78 is 22.4. The first-order valence-electron chi connectivity index (χ1n) is 4.05. The van der Waals surface area contributed by atoms with Gasteiger partial charge in [-0.3, -0.25) is 0 Å². The van der Waals surface area contributed by atoms with Crippen LogP contribution in [0.15, 0.2) is 0 Å². The molecule has 1 aliphatic carbocycles. The van der Waals surface area contributed by atoms with Gasteiger partial charge in [0.25, 0.3) is 0 Å². The van der Waals surface area contributed by atoms with Gasteiger partial charge in [0.2, 0.25) is 0 Å². The van der Waals surface area contributed by atoms with Crippen molar-refractivity contribution in [1.82, 2.24) is 0 Å². The van der Waals surface area contributed by atoms with E-state index in [0.717, 1.165) is 12.8 Å². The second-order valence-corrected chi connectivity index (χ2v) is 7.12. The van der Waals surface area contributed by atoms with Crippen molar-refractivity contribution >= 4 is 9.84 Å². The molecular weight excluding hydrogens is 160 g/mol. The molecule has 1 rings (SSSR count). The SMILES string of the molecule is CC(C)(C)S(=O)(=O)CC1CC1. The highest BCUT2D eigenvalue weighted by Gasteiger charge is 2.35. The normalized spacial score (nSPS) is 20.3. The molecule has 0 spiro atoms. The van der Waals surface area contributed by atoms with Crippen LogP contribution in [0.4, 0.5) is 0 Å². The van der Waals surface area contributed by atoms with Gasteiger partial charge in [0.05, 0.1) is 10.5 Å². The number of hydrogen-bond donors (Lipinski definition) is 0. The fraction of sp³-hybridized carbons (Fsp3) is 1.00. The third-order valence-corrected chi connectivity index (χ3v) is 4.86. The Kier molecular flexibility index (Phi) is 2.03. The molecule has 0 atom stereocenters. The highest BCUT2D eigenvalue weighted by atomic mass is 32.2. The summed E-state index contributed by atoms with van der Waals surface area (Å²) in [5.74, 6) is 0.871. The average molecular weight is 176 g/mol. The second-order valence-electron chi connectivity index (χ2n) is 4.34. The van der Waals surface area contributed by atoms with Gasteiger partial charge in [-0.1, -0.05) is 0 Å².